The Balaban J connectivity index is 2.58. The van der Waals surface area contributed by atoms with Crippen LogP contribution in [0.3, 0.4) is 0 Å². The van der Waals surface area contributed by atoms with Crippen LogP contribution in [0.25, 0.3) is 11.0 Å². The van der Waals surface area contributed by atoms with Crippen LogP contribution in [0.2, 0.25) is 0 Å². The smallest absolute Gasteiger partial charge is 0.244 e. The van der Waals surface area contributed by atoms with Crippen molar-refractivity contribution in [3.63, 3.8) is 0 Å². The number of halogens is 1. The zero-order valence-electron chi connectivity index (χ0n) is 10.7. The number of imidazole rings is 1. The second-order valence-corrected chi connectivity index (χ2v) is 4.70. The molecule has 1 amide bonds. The van der Waals surface area contributed by atoms with Gasteiger partial charge in [0.2, 0.25) is 5.91 Å². The number of aromatic nitrogens is 2. The van der Waals surface area contributed by atoms with Gasteiger partial charge in [-0.2, -0.15) is 0 Å². The maximum absolute atomic E-state index is 12.1. The van der Waals surface area contributed by atoms with Gasteiger partial charge in [-0.3, -0.25) is 4.79 Å². The fourth-order valence-electron chi connectivity index (χ4n) is 2.10. The fraction of sp³-hybridized carbons (Fsp3) is 0.385. The van der Waals surface area contributed by atoms with Crippen LogP contribution in [0.1, 0.15) is 18.8 Å². The van der Waals surface area contributed by atoms with E-state index in [2.05, 4.69) is 4.98 Å². The molecule has 0 fully saturated rings. The summed E-state index contributed by atoms with van der Waals surface area (Å²) in [5.41, 5.74) is 1.81. The fourth-order valence-corrected chi connectivity index (χ4v) is 2.29. The Kier molecular flexibility index (Phi) is 3.57. The number of hydrogen-bond acceptors (Lipinski definition) is 2. The molecule has 96 valence electrons. The number of benzene rings is 1. The number of carbonyl (C=O) groups is 1. The van der Waals surface area contributed by atoms with Crippen molar-refractivity contribution in [2.75, 3.05) is 14.1 Å². The van der Waals surface area contributed by atoms with Gasteiger partial charge >= 0.3 is 0 Å². The third kappa shape index (κ3) is 2.08. The predicted molar refractivity (Wildman–Crippen MR) is 72.7 cm³/mol. The highest BCUT2D eigenvalue weighted by atomic mass is 35.5. The molecule has 0 saturated heterocycles. The van der Waals surface area contributed by atoms with Crippen molar-refractivity contribution in [3.8, 4) is 0 Å². The summed E-state index contributed by atoms with van der Waals surface area (Å²) in [6.45, 7) is 1.87. The zero-order chi connectivity index (χ0) is 13.3. The van der Waals surface area contributed by atoms with Gasteiger partial charge in [-0.05, 0) is 19.1 Å². The van der Waals surface area contributed by atoms with E-state index in [1.165, 1.54) is 0 Å². The molecule has 4 nitrogen and oxygen atoms in total. The van der Waals surface area contributed by atoms with Crippen molar-refractivity contribution in [2.24, 2.45) is 0 Å². The minimum absolute atomic E-state index is 0.0320. The molecule has 0 aliphatic rings. The van der Waals surface area contributed by atoms with E-state index in [1.54, 1.807) is 19.0 Å². The highest BCUT2D eigenvalue weighted by molar-refractivity contribution is 6.16. The van der Waals surface area contributed by atoms with E-state index in [9.17, 15) is 4.79 Å². The lowest BCUT2D eigenvalue weighted by molar-refractivity contribution is -0.131. The quantitative estimate of drug-likeness (QED) is 0.800. The van der Waals surface area contributed by atoms with E-state index >= 15 is 0 Å². The third-order valence-corrected chi connectivity index (χ3v) is 3.21. The zero-order valence-corrected chi connectivity index (χ0v) is 11.5. The van der Waals surface area contributed by atoms with Gasteiger partial charge < -0.3 is 9.47 Å². The number of hydrogen-bond donors (Lipinski definition) is 0. The Morgan fingerprint density at radius 2 is 2.11 bits per heavy atom. The third-order valence-electron chi connectivity index (χ3n) is 2.97. The highest BCUT2D eigenvalue weighted by Gasteiger charge is 2.21. The summed E-state index contributed by atoms with van der Waals surface area (Å²) in [4.78, 5) is 18.1. The van der Waals surface area contributed by atoms with Gasteiger partial charge in [0.1, 0.15) is 11.9 Å². The van der Waals surface area contributed by atoms with Crippen LogP contribution < -0.4 is 0 Å². The largest absolute Gasteiger partial charge is 0.347 e. The maximum Gasteiger partial charge on any atom is 0.244 e. The number of nitrogens with zero attached hydrogens (tertiary/aromatic N) is 3. The molecule has 1 aromatic heterocycles. The van der Waals surface area contributed by atoms with Crippen molar-refractivity contribution < 1.29 is 4.79 Å². The van der Waals surface area contributed by atoms with E-state index in [4.69, 9.17) is 11.6 Å². The number of alkyl halides is 1. The number of amides is 1. The maximum atomic E-state index is 12.1. The van der Waals surface area contributed by atoms with Crippen LogP contribution in [-0.4, -0.2) is 34.5 Å². The summed E-state index contributed by atoms with van der Waals surface area (Å²) in [6.07, 6.45) is 0. The van der Waals surface area contributed by atoms with Crippen molar-refractivity contribution in [1.29, 1.82) is 0 Å². The first-order valence-electron chi connectivity index (χ1n) is 5.79. The van der Waals surface area contributed by atoms with Crippen LogP contribution in [0.5, 0.6) is 0 Å². The van der Waals surface area contributed by atoms with E-state index in [1.807, 2.05) is 35.8 Å². The average Bonchev–Trinajstić information content (AvgIpc) is 2.75. The lowest BCUT2D eigenvalue weighted by Crippen LogP contribution is -2.30. The first-order valence-corrected chi connectivity index (χ1v) is 6.32. The standard InChI is InChI=1S/C13H16ClN3O/c1-9(13(18)16(2)3)17-11-7-5-4-6-10(11)15-12(17)8-14/h4-7,9H,8H2,1-3H3. The van der Waals surface area contributed by atoms with Crippen LogP contribution in [0.4, 0.5) is 0 Å². The van der Waals surface area contributed by atoms with E-state index < -0.39 is 0 Å². The van der Waals surface area contributed by atoms with Crippen molar-refractivity contribution in [1.82, 2.24) is 14.5 Å². The Labute approximate surface area is 111 Å². The van der Waals surface area contributed by atoms with Crippen molar-refractivity contribution in [3.05, 3.63) is 30.1 Å². The molecule has 2 rings (SSSR count). The molecule has 1 unspecified atom stereocenters. The first-order chi connectivity index (χ1) is 8.56. The molecule has 1 heterocycles. The molecule has 0 spiro atoms. The minimum Gasteiger partial charge on any atom is -0.347 e. The Bertz CT molecular complexity index is 577. The highest BCUT2D eigenvalue weighted by Crippen LogP contribution is 2.23. The van der Waals surface area contributed by atoms with Crippen molar-refractivity contribution >= 4 is 28.5 Å². The molecule has 1 atom stereocenters. The average molecular weight is 266 g/mol. The van der Waals surface area contributed by atoms with Gasteiger partial charge in [0, 0.05) is 14.1 Å². The lowest BCUT2D eigenvalue weighted by atomic mass is 10.2. The predicted octanol–water partition coefficient (Wildman–Crippen LogP) is 2.42. The lowest BCUT2D eigenvalue weighted by Gasteiger charge is -2.20. The Hall–Kier alpha value is -1.55. The monoisotopic (exact) mass is 265 g/mol. The van der Waals surface area contributed by atoms with Crippen LogP contribution in [-0.2, 0) is 10.7 Å². The molecule has 0 radical (unpaired) electrons. The number of para-hydroxylation sites is 2. The number of likely N-dealkylation sites (N-methyl/N-ethyl adjacent to an activating group) is 1. The van der Waals surface area contributed by atoms with Gasteiger partial charge in [-0.25, -0.2) is 4.98 Å². The molecule has 18 heavy (non-hydrogen) atoms. The number of carbonyl (C=O) groups excluding carboxylic acids is 1. The van der Waals surface area contributed by atoms with Gasteiger partial charge in [0.25, 0.3) is 0 Å². The Morgan fingerprint density at radius 1 is 1.44 bits per heavy atom. The van der Waals surface area contributed by atoms with Gasteiger partial charge in [0.05, 0.1) is 16.9 Å². The SMILES string of the molecule is CC(C(=O)N(C)C)n1c(CCl)nc2ccccc21. The molecule has 0 aliphatic heterocycles. The van der Waals surface area contributed by atoms with Gasteiger partial charge in [-0.15, -0.1) is 11.6 Å². The molecule has 0 aliphatic carbocycles. The summed E-state index contributed by atoms with van der Waals surface area (Å²) in [5, 5.41) is 0. The second kappa shape index (κ2) is 4.98. The molecular formula is C13H16ClN3O. The topological polar surface area (TPSA) is 38.1 Å². The summed E-state index contributed by atoms with van der Waals surface area (Å²) in [5.74, 6) is 1.05. The minimum atomic E-state index is -0.304. The molecule has 0 bridgehead atoms. The number of rotatable bonds is 3. The number of fused-ring (bicyclic) bond motifs is 1. The summed E-state index contributed by atoms with van der Waals surface area (Å²) in [7, 11) is 3.50. The second-order valence-electron chi connectivity index (χ2n) is 4.43. The van der Waals surface area contributed by atoms with Crippen LogP contribution in [0, 0.1) is 0 Å². The summed E-state index contributed by atoms with van der Waals surface area (Å²) >= 11 is 5.92. The van der Waals surface area contributed by atoms with Crippen molar-refractivity contribution in [2.45, 2.75) is 18.8 Å². The molecule has 1 aromatic carbocycles. The summed E-state index contributed by atoms with van der Waals surface area (Å²) < 4.78 is 1.91. The molecular weight excluding hydrogens is 250 g/mol. The van der Waals surface area contributed by atoms with Gasteiger partial charge in [0.15, 0.2) is 0 Å². The molecule has 2 aromatic rings. The van der Waals surface area contributed by atoms with Gasteiger partial charge in [-0.1, -0.05) is 12.1 Å². The molecule has 0 saturated carbocycles. The van der Waals surface area contributed by atoms with E-state index in [0.717, 1.165) is 16.9 Å². The van der Waals surface area contributed by atoms with Crippen LogP contribution >= 0.6 is 11.6 Å². The van der Waals surface area contributed by atoms with E-state index in [-0.39, 0.29) is 11.9 Å². The van der Waals surface area contributed by atoms with Crippen LogP contribution in [0.15, 0.2) is 24.3 Å². The first kappa shape index (κ1) is 12.9. The summed E-state index contributed by atoms with van der Waals surface area (Å²) in [6, 6.07) is 7.44. The molecule has 0 N–H and O–H groups in total. The Morgan fingerprint density at radius 3 is 2.72 bits per heavy atom. The normalized spacial score (nSPS) is 12.7. The molecule has 5 heteroatoms. The van der Waals surface area contributed by atoms with E-state index in [0.29, 0.717) is 5.88 Å².